The smallest absolute Gasteiger partial charge is 0.0345 e. The highest BCUT2D eigenvalue weighted by molar-refractivity contribution is 8.01. The molecule has 0 aliphatic rings. The lowest BCUT2D eigenvalue weighted by atomic mass is 10.4. The second-order valence-electron chi connectivity index (χ2n) is 2.28. The Kier molecular flexibility index (Phi) is 3.34. The Morgan fingerprint density at radius 3 is 1.55 bits per heavy atom. The molecule has 1 heterocycles. The van der Waals surface area contributed by atoms with E-state index in [1.807, 2.05) is 34.9 Å². The quantitative estimate of drug-likeness (QED) is 0.672. The Labute approximate surface area is 80.8 Å². The molecular formula is C8H12S3. The Balaban J connectivity index is 3.17. The Morgan fingerprint density at radius 1 is 0.909 bits per heavy atom. The summed E-state index contributed by atoms with van der Waals surface area (Å²) < 4.78 is 0. The van der Waals surface area contributed by atoms with Crippen LogP contribution < -0.4 is 0 Å². The van der Waals surface area contributed by atoms with Crippen molar-refractivity contribution in [2.45, 2.75) is 23.6 Å². The molecule has 1 aromatic heterocycles. The zero-order valence-corrected chi connectivity index (χ0v) is 9.67. The van der Waals surface area contributed by atoms with Crippen LogP contribution in [0.2, 0.25) is 0 Å². The van der Waals surface area contributed by atoms with Gasteiger partial charge in [0.1, 0.15) is 0 Å². The van der Waals surface area contributed by atoms with Gasteiger partial charge in [-0.1, -0.05) is 0 Å². The van der Waals surface area contributed by atoms with E-state index in [1.54, 1.807) is 0 Å². The van der Waals surface area contributed by atoms with Crippen LogP contribution in [0.25, 0.3) is 0 Å². The van der Waals surface area contributed by atoms with Crippen molar-refractivity contribution in [3.05, 3.63) is 9.75 Å². The zero-order valence-electron chi connectivity index (χ0n) is 7.22. The number of rotatable bonds is 2. The molecule has 0 saturated carbocycles. The molecule has 0 N–H and O–H groups in total. The molecule has 1 rings (SSSR count). The fourth-order valence-electron chi connectivity index (χ4n) is 1.11. The molecule has 0 nitrogen and oxygen atoms in total. The molecule has 0 fully saturated rings. The second kappa shape index (κ2) is 3.87. The lowest BCUT2D eigenvalue weighted by Crippen LogP contribution is -1.72. The summed E-state index contributed by atoms with van der Waals surface area (Å²) >= 11 is 5.62. The normalized spacial score (nSPS) is 10.5. The van der Waals surface area contributed by atoms with Crippen molar-refractivity contribution in [2.24, 2.45) is 0 Å². The maximum absolute atomic E-state index is 2.20. The first-order chi connectivity index (χ1) is 5.20. The van der Waals surface area contributed by atoms with Gasteiger partial charge in [-0.2, -0.15) is 0 Å². The third-order valence-corrected chi connectivity index (χ3v) is 4.81. The van der Waals surface area contributed by atoms with E-state index in [0.717, 1.165) is 0 Å². The van der Waals surface area contributed by atoms with Crippen molar-refractivity contribution in [3.8, 4) is 0 Å². The maximum atomic E-state index is 2.20. The largest absolute Gasteiger partial charge is 0.144 e. The highest BCUT2D eigenvalue weighted by Gasteiger charge is 2.10. The summed E-state index contributed by atoms with van der Waals surface area (Å²) in [6, 6.07) is 0. The summed E-state index contributed by atoms with van der Waals surface area (Å²) in [6.45, 7) is 4.40. The topological polar surface area (TPSA) is 0 Å². The van der Waals surface area contributed by atoms with Crippen LogP contribution in [0.4, 0.5) is 0 Å². The Hall–Kier alpha value is 0.400. The summed E-state index contributed by atoms with van der Waals surface area (Å²) in [5, 5.41) is 0. The van der Waals surface area contributed by atoms with Crippen LogP contribution in [0.5, 0.6) is 0 Å². The van der Waals surface area contributed by atoms with Crippen LogP contribution in [0, 0.1) is 13.8 Å². The van der Waals surface area contributed by atoms with Crippen LogP contribution in [0.1, 0.15) is 9.75 Å². The first kappa shape index (κ1) is 9.49. The van der Waals surface area contributed by atoms with Gasteiger partial charge in [-0.15, -0.1) is 34.9 Å². The number of thioether (sulfide) groups is 2. The molecule has 0 aliphatic carbocycles. The van der Waals surface area contributed by atoms with E-state index in [1.165, 1.54) is 19.5 Å². The fourth-order valence-corrected chi connectivity index (χ4v) is 4.59. The minimum atomic E-state index is 1.46. The van der Waals surface area contributed by atoms with Crippen molar-refractivity contribution < 1.29 is 0 Å². The fraction of sp³-hybridized carbons (Fsp3) is 0.500. The molecule has 62 valence electrons. The van der Waals surface area contributed by atoms with Gasteiger partial charge in [-0.25, -0.2) is 0 Å². The molecule has 3 heteroatoms. The van der Waals surface area contributed by atoms with Gasteiger partial charge in [-0.3, -0.25) is 0 Å². The molecule has 0 aromatic carbocycles. The van der Waals surface area contributed by atoms with Crippen LogP contribution >= 0.6 is 34.9 Å². The van der Waals surface area contributed by atoms with Gasteiger partial charge in [-0.05, 0) is 26.4 Å². The van der Waals surface area contributed by atoms with E-state index in [4.69, 9.17) is 0 Å². The zero-order chi connectivity index (χ0) is 8.43. The van der Waals surface area contributed by atoms with Gasteiger partial charge in [0.05, 0.1) is 0 Å². The minimum absolute atomic E-state index is 1.46. The Bertz CT molecular complexity index is 226. The molecule has 0 atom stereocenters. The first-order valence-corrected chi connectivity index (χ1v) is 6.65. The molecule has 0 unspecified atom stereocenters. The van der Waals surface area contributed by atoms with Crippen molar-refractivity contribution in [3.63, 3.8) is 0 Å². The van der Waals surface area contributed by atoms with Gasteiger partial charge in [0.25, 0.3) is 0 Å². The van der Waals surface area contributed by atoms with E-state index >= 15 is 0 Å². The molecule has 0 saturated heterocycles. The summed E-state index contributed by atoms with van der Waals surface area (Å²) in [5.74, 6) is 0. The summed E-state index contributed by atoms with van der Waals surface area (Å²) in [6.07, 6.45) is 4.29. The van der Waals surface area contributed by atoms with E-state index in [-0.39, 0.29) is 0 Å². The van der Waals surface area contributed by atoms with E-state index in [9.17, 15) is 0 Å². The van der Waals surface area contributed by atoms with Crippen LogP contribution in [0.3, 0.4) is 0 Å². The predicted molar refractivity (Wildman–Crippen MR) is 57.4 cm³/mol. The second-order valence-corrected chi connectivity index (χ2v) is 5.34. The molecule has 0 radical (unpaired) electrons. The lowest BCUT2D eigenvalue weighted by molar-refractivity contribution is 1.23. The van der Waals surface area contributed by atoms with E-state index in [2.05, 4.69) is 26.4 Å². The summed E-state index contributed by atoms with van der Waals surface area (Å²) in [7, 11) is 0. The highest BCUT2D eigenvalue weighted by atomic mass is 32.2. The lowest BCUT2D eigenvalue weighted by Gasteiger charge is -1.98. The third-order valence-electron chi connectivity index (χ3n) is 1.56. The van der Waals surface area contributed by atoms with Crippen molar-refractivity contribution in [1.29, 1.82) is 0 Å². The first-order valence-electron chi connectivity index (χ1n) is 3.38. The van der Waals surface area contributed by atoms with Gasteiger partial charge < -0.3 is 0 Å². The van der Waals surface area contributed by atoms with Crippen molar-refractivity contribution in [2.75, 3.05) is 12.5 Å². The third kappa shape index (κ3) is 1.76. The van der Waals surface area contributed by atoms with Crippen molar-refractivity contribution in [1.82, 2.24) is 0 Å². The average Bonchev–Trinajstić information content (AvgIpc) is 2.24. The number of thiophene rings is 1. The van der Waals surface area contributed by atoms with Crippen LogP contribution in [-0.4, -0.2) is 12.5 Å². The number of aryl methyl sites for hydroxylation is 2. The van der Waals surface area contributed by atoms with Gasteiger partial charge in [0.2, 0.25) is 0 Å². The standard InChI is InChI=1S/C8H12S3/c1-5-7(9-3)8(10-4)6(2)11-5/h1-4H3. The number of hydrogen-bond acceptors (Lipinski definition) is 3. The molecular weight excluding hydrogens is 192 g/mol. The van der Waals surface area contributed by atoms with Gasteiger partial charge in [0, 0.05) is 19.5 Å². The minimum Gasteiger partial charge on any atom is -0.144 e. The molecule has 0 amide bonds. The predicted octanol–water partition coefficient (Wildman–Crippen LogP) is 3.81. The molecule has 0 spiro atoms. The van der Waals surface area contributed by atoms with Crippen LogP contribution in [0.15, 0.2) is 9.79 Å². The summed E-state index contributed by atoms with van der Waals surface area (Å²) in [5.41, 5.74) is 0. The average molecular weight is 204 g/mol. The Morgan fingerprint density at radius 2 is 1.27 bits per heavy atom. The molecule has 1 aromatic rings. The summed E-state index contributed by atoms with van der Waals surface area (Å²) in [4.78, 5) is 5.86. The van der Waals surface area contributed by atoms with Gasteiger partial charge >= 0.3 is 0 Å². The molecule has 0 aliphatic heterocycles. The van der Waals surface area contributed by atoms with Crippen LogP contribution in [-0.2, 0) is 0 Å². The van der Waals surface area contributed by atoms with Crippen molar-refractivity contribution >= 4 is 34.9 Å². The highest BCUT2D eigenvalue weighted by Crippen LogP contribution is 2.39. The SMILES string of the molecule is CSc1c(C)sc(C)c1SC. The number of hydrogen-bond donors (Lipinski definition) is 0. The van der Waals surface area contributed by atoms with E-state index in [0.29, 0.717) is 0 Å². The monoisotopic (exact) mass is 204 g/mol. The maximum Gasteiger partial charge on any atom is 0.0345 e. The van der Waals surface area contributed by atoms with Gasteiger partial charge in [0.15, 0.2) is 0 Å². The molecule has 11 heavy (non-hydrogen) atoms. The van der Waals surface area contributed by atoms with E-state index < -0.39 is 0 Å². The molecule has 0 bridgehead atoms.